The van der Waals surface area contributed by atoms with Crippen LogP contribution in [0.3, 0.4) is 0 Å². The highest BCUT2D eigenvalue weighted by atomic mass is 16.3. The molecule has 1 amide bonds. The van der Waals surface area contributed by atoms with E-state index in [4.69, 9.17) is 4.42 Å². The van der Waals surface area contributed by atoms with Gasteiger partial charge in [-0.25, -0.2) is 0 Å². The number of hydrogen-bond donors (Lipinski definition) is 1. The molecule has 0 radical (unpaired) electrons. The van der Waals surface area contributed by atoms with Crippen molar-refractivity contribution in [3.05, 3.63) is 23.2 Å². The lowest BCUT2D eigenvalue weighted by molar-refractivity contribution is 0.0961. The second kappa shape index (κ2) is 2.78. The highest BCUT2D eigenvalue weighted by molar-refractivity contribution is 5.96. The third-order valence-electron chi connectivity index (χ3n) is 1.61. The maximum absolute atomic E-state index is 11.1. The molecule has 0 saturated heterocycles. The Morgan fingerprint density at radius 1 is 1.55 bits per heavy atom. The van der Waals surface area contributed by atoms with Gasteiger partial charge in [0.1, 0.15) is 5.76 Å². The van der Waals surface area contributed by atoms with Crippen molar-refractivity contribution in [2.45, 2.75) is 13.8 Å². The van der Waals surface area contributed by atoms with E-state index >= 15 is 0 Å². The first-order valence-corrected chi connectivity index (χ1v) is 3.43. The number of carbonyl (C=O) groups excluding carboxylic acids is 1. The molecule has 0 fully saturated rings. The van der Waals surface area contributed by atoms with Crippen LogP contribution in [0.25, 0.3) is 0 Å². The van der Waals surface area contributed by atoms with Crippen LogP contribution in [0.5, 0.6) is 0 Å². The van der Waals surface area contributed by atoms with Gasteiger partial charge < -0.3 is 9.73 Å². The van der Waals surface area contributed by atoms with Gasteiger partial charge in [-0.1, -0.05) is 0 Å². The Balaban J connectivity index is 3.10. The van der Waals surface area contributed by atoms with Gasteiger partial charge >= 0.3 is 0 Å². The molecule has 0 saturated carbocycles. The van der Waals surface area contributed by atoms with Gasteiger partial charge in [-0.15, -0.1) is 0 Å². The molecular weight excluding hydrogens is 142 g/mol. The van der Waals surface area contributed by atoms with E-state index in [1.165, 1.54) is 0 Å². The lowest BCUT2D eigenvalue weighted by Gasteiger charge is -1.97. The van der Waals surface area contributed by atoms with Crippen molar-refractivity contribution in [2.75, 3.05) is 7.05 Å². The summed E-state index contributed by atoms with van der Waals surface area (Å²) < 4.78 is 5.06. The van der Waals surface area contributed by atoms with Gasteiger partial charge in [0.15, 0.2) is 0 Å². The van der Waals surface area contributed by atoms with E-state index in [1.807, 2.05) is 6.92 Å². The molecular formula is C8H11NO2. The summed E-state index contributed by atoms with van der Waals surface area (Å²) >= 11 is 0. The van der Waals surface area contributed by atoms with Crippen molar-refractivity contribution >= 4 is 5.91 Å². The SMILES string of the molecule is CNC(=O)c1c(C)coc1C. The van der Waals surface area contributed by atoms with E-state index in [9.17, 15) is 4.79 Å². The largest absolute Gasteiger partial charge is 0.469 e. The molecule has 0 bridgehead atoms. The molecule has 0 atom stereocenters. The van der Waals surface area contributed by atoms with Crippen LogP contribution in [0.15, 0.2) is 10.7 Å². The normalized spacial score (nSPS) is 9.73. The molecule has 1 heterocycles. The Morgan fingerprint density at radius 3 is 2.55 bits per heavy atom. The van der Waals surface area contributed by atoms with Crippen LogP contribution in [0.2, 0.25) is 0 Å². The third-order valence-corrected chi connectivity index (χ3v) is 1.61. The van der Waals surface area contributed by atoms with E-state index < -0.39 is 0 Å². The second-order valence-electron chi connectivity index (χ2n) is 2.43. The molecule has 1 rings (SSSR count). The molecule has 11 heavy (non-hydrogen) atoms. The van der Waals surface area contributed by atoms with Crippen LogP contribution in [-0.2, 0) is 0 Å². The fraction of sp³-hybridized carbons (Fsp3) is 0.375. The van der Waals surface area contributed by atoms with E-state index in [0.717, 1.165) is 5.56 Å². The lowest BCUT2D eigenvalue weighted by atomic mass is 10.1. The van der Waals surface area contributed by atoms with E-state index in [2.05, 4.69) is 5.32 Å². The Hall–Kier alpha value is -1.25. The number of carbonyl (C=O) groups is 1. The van der Waals surface area contributed by atoms with Crippen molar-refractivity contribution < 1.29 is 9.21 Å². The van der Waals surface area contributed by atoms with Gasteiger partial charge in [-0.3, -0.25) is 4.79 Å². The maximum Gasteiger partial charge on any atom is 0.254 e. The predicted octanol–water partition coefficient (Wildman–Crippen LogP) is 1.26. The standard InChI is InChI=1S/C8H11NO2/c1-5-4-11-6(2)7(5)8(10)9-3/h4H,1-3H3,(H,9,10). The quantitative estimate of drug-likeness (QED) is 0.659. The molecule has 60 valence electrons. The number of furan rings is 1. The van der Waals surface area contributed by atoms with Crippen LogP contribution in [0, 0.1) is 13.8 Å². The smallest absolute Gasteiger partial charge is 0.254 e. The monoisotopic (exact) mass is 153 g/mol. The van der Waals surface area contributed by atoms with Gasteiger partial charge in [-0.05, 0) is 13.8 Å². The van der Waals surface area contributed by atoms with Crippen molar-refractivity contribution in [3.63, 3.8) is 0 Å². The van der Waals surface area contributed by atoms with Crippen LogP contribution in [-0.4, -0.2) is 13.0 Å². The van der Waals surface area contributed by atoms with Gasteiger partial charge in [0.2, 0.25) is 0 Å². The number of aryl methyl sites for hydroxylation is 2. The Labute approximate surface area is 65.4 Å². The maximum atomic E-state index is 11.1. The van der Waals surface area contributed by atoms with Crippen LogP contribution < -0.4 is 5.32 Å². The molecule has 0 unspecified atom stereocenters. The molecule has 0 aromatic carbocycles. The Kier molecular flexibility index (Phi) is 1.98. The van der Waals surface area contributed by atoms with Crippen LogP contribution in [0.4, 0.5) is 0 Å². The molecule has 3 heteroatoms. The minimum atomic E-state index is -0.0891. The molecule has 1 aromatic rings. The number of hydrogen-bond acceptors (Lipinski definition) is 2. The van der Waals surface area contributed by atoms with Gasteiger partial charge in [0, 0.05) is 12.6 Å². The van der Waals surface area contributed by atoms with Crippen molar-refractivity contribution in [1.29, 1.82) is 0 Å². The van der Waals surface area contributed by atoms with E-state index in [-0.39, 0.29) is 5.91 Å². The average Bonchev–Trinajstić information content (AvgIpc) is 2.30. The Bertz CT molecular complexity index is 256. The number of amides is 1. The fourth-order valence-corrected chi connectivity index (χ4v) is 1.04. The summed E-state index contributed by atoms with van der Waals surface area (Å²) in [4.78, 5) is 11.1. The topological polar surface area (TPSA) is 42.2 Å². The van der Waals surface area contributed by atoms with Crippen molar-refractivity contribution in [2.24, 2.45) is 0 Å². The molecule has 0 spiro atoms. The molecule has 0 aliphatic carbocycles. The van der Waals surface area contributed by atoms with E-state index in [0.29, 0.717) is 11.3 Å². The average molecular weight is 153 g/mol. The fourth-order valence-electron chi connectivity index (χ4n) is 1.04. The number of rotatable bonds is 1. The lowest BCUT2D eigenvalue weighted by Crippen LogP contribution is -2.18. The van der Waals surface area contributed by atoms with Gasteiger partial charge in [-0.2, -0.15) is 0 Å². The summed E-state index contributed by atoms with van der Waals surface area (Å²) in [5.41, 5.74) is 1.52. The summed E-state index contributed by atoms with van der Waals surface area (Å²) in [5, 5.41) is 2.55. The third kappa shape index (κ3) is 1.27. The first-order valence-electron chi connectivity index (χ1n) is 3.43. The summed E-state index contributed by atoms with van der Waals surface area (Å²) in [6.07, 6.45) is 1.58. The summed E-state index contributed by atoms with van der Waals surface area (Å²) in [7, 11) is 1.61. The number of nitrogens with one attached hydrogen (secondary N) is 1. The minimum Gasteiger partial charge on any atom is -0.469 e. The molecule has 0 aliphatic rings. The summed E-state index contributed by atoms with van der Waals surface area (Å²) in [6, 6.07) is 0. The zero-order chi connectivity index (χ0) is 8.43. The van der Waals surface area contributed by atoms with Gasteiger partial charge in [0.25, 0.3) is 5.91 Å². The van der Waals surface area contributed by atoms with Gasteiger partial charge in [0.05, 0.1) is 11.8 Å². The zero-order valence-electron chi connectivity index (χ0n) is 6.89. The second-order valence-corrected chi connectivity index (χ2v) is 2.43. The highest BCUT2D eigenvalue weighted by Gasteiger charge is 2.12. The summed E-state index contributed by atoms with van der Waals surface area (Å²) in [6.45, 7) is 3.62. The van der Waals surface area contributed by atoms with E-state index in [1.54, 1.807) is 20.2 Å². The van der Waals surface area contributed by atoms with Crippen LogP contribution >= 0.6 is 0 Å². The minimum absolute atomic E-state index is 0.0891. The predicted molar refractivity (Wildman–Crippen MR) is 41.6 cm³/mol. The highest BCUT2D eigenvalue weighted by Crippen LogP contribution is 2.14. The van der Waals surface area contributed by atoms with Crippen molar-refractivity contribution in [3.8, 4) is 0 Å². The molecule has 1 N–H and O–H groups in total. The molecule has 1 aromatic heterocycles. The van der Waals surface area contributed by atoms with Crippen molar-refractivity contribution in [1.82, 2.24) is 5.32 Å². The molecule has 0 aliphatic heterocycles. The zero-order valence-corrected chi connectivity index (χ0v) is 6.89. The Morgan fingerprint density at radius 2 is 2.18 bits per heavy atom. The van der Waals surface area contributed by atoms with Crippen LogP contribution in [0.1, 0.15) is 21.7 Å². The first-order chi connectivity index (χ1) is 5.16. The first kappa shape index (κ1) is 7.85. The summed E-state index contributed by atoms with van der Waals surface area (Å²) in [5.74, 6) is 0.579. The molecule has 3 nitrogen and oxygen atoms in total.